The van der Waals surface area contributed by atoms with E-state index in [-0.39, 0.29) is 40.2 Å². The summed E-state index contributed by atoms with van der Waals surface area (Å²) in [5.41, 5.74) is 0.521. The third-order valence-corrected chi connectivity index (χ3v) is 8.20. The van der Waals surface area contributed by atoms with E-state index < -0.39 is 9.84 Å². The normalized spacial score (nSPS) is 21.2. The smallest absolute Gasteiger partial charge is 0.237 e. The van der Waals surface area contributed by atoms with Crippen LogP contribution in [0.1, 0.15) is 58.3 Å². The van der Waals surface area contributed by atoms with Gasteiger partial charge in [-0.3, -0.25) is 9.59 Å². The summed E-state index contributed by atoms with van der Waals surface area (Å²) in [6, 6.07) is 4.93. The van der Waals surface area contributed by atoms with Gasteiger partial charge in [-0.1, -0.05) is 32.1 Å². The molecule has 1 heterocycles. The number of thioether (sulfide) groups is 1. The highest BCUT2D eigenvalue weighted by Crippen LogP contribution is 2.36. The number of amides is 2. The van der Waals surface area contributed by atoms with E-state index >= 15 is 0 Å². The maximum atomic E-state index is 12.7. The highest BCUT2D eigenvalue weighted by atomic mass is 32.2. The van der Waals surface area contributed by atoms with Crippen LogP contribution in [0.5, 0.6) is 0 Å². The highest BCUT2D eigenvalue weighted by Gasteiger charge is 2.25. The zero-order valence-electron chi connectivity index (χ0n) is 16.2. The number of carbonyl (C=O) groups excluding carboxylic acids is 2. The Balaban J connectivity index is 1.58. The molecule has 0 bridgehead atoms. The number of fused-ring (bicyclic) bond motifs is 1. The Morgan fingerprint density at radius 1 is 1.18 bits per heavy atom. The van der Waals surface area contributed by atoms with Gasteiger partial charge < -0.3 is 10.6 Å². The van der Waals surface area contributed by atoms with Gasteiger partial charge in [0.2, 0.25) is 11.8 Å². The fraction of sp³-hybridized carbons (Fsp3) is 0.600. The first kappa shape index (κ1) is 21.2. The summed E-state index contributed by atoms with van der Waals surface area (Å²) < 4.78 is 25.3. The quantitative estimate of drug-likeness (QED) is 0.755. The lowest BCUT2D eigenvalue weighted by atomic mass is 9.97. The van der Waals surface area contributed by atoms with Crippen molar-refractivity contribution in [2.24, 2.45) is 0 Å². The van der Waals surface area contributed by atoms with Crippen molar-refractivity contribution in [1.82, 2.24) is 5.32 Å². The van der Waals surface area contributed by atoms with E-state index in [2.05, 4.69) is 10.6 Å². The van der Waals surface area contributed by atoms with Crippen molar-refractivity contribution in [3.8, 4) is 0 Å². The van der Waals surface area contributed by atoms with Gasteiger partial charge in [-0.25, -0.2) is 8.42 Å². The maximum Gasteiger partial charge on any atom is 0.237 e. The van der Waals surface area contributed by atoms with Crippen LogP contribution in [-0.4, -0.2) is 37.3 Å². The lowest BCUT2D eigenvalue weighted by molar-refractivity contribution is -0.121. The second-order valence-electron chi connectivity index (χ2n) is 7.59. The average Bonchev–Trinajstić information content (AvgIpc) is 2.63. The predicted molar refractivity (Wildman–Crippen MR) is 111 cm³/mol. The minimum atomic E-state index is -3.60. The third kappa shape index (κ3) is 5.50. The molecule has 0 saturated heterocycles. The summed E-state index contributed by atoms with van der Waals surface area (Å²) in [5, 5.41) is 5.55. The molecule has 1 aromatic rings. The molecule has 28 heavy (non-hydrogen) atoms. The Morgan fingerprint density at radius 2 is 1.86 bits per heavy atom. The predicted octanol–water partition coefficient (Wildman–Crippen LogP) is 3.51. The van der Waals surface area contributed by atoms with Gasteiger partial charge in [-0.2, -0.15) is 0 Å². The summed E-state index contributed by atoms with van der Waals surface area (Å²) in [6.45, 7) is 1.81. The Hall–Kier alpha value is -1.54. The summed E-state index contributed by atoms with van der Waals surface area (Å²) >= 11 is 1.41. The van der Waals surface area contributed by atoms with Gasteiger partial charge in [-0.05, 0) is 38.0 Å². The van der Waals surface area contributed by atoms with Gasteiger partial charge in [-0.15, -0.1) is 11.8 Å². The van der Waals surface area contributed by atoms with Gasteiger partial charge in [0, 0.05) is 17.4 Å². The van der Waals surface area contributed by atoms with E-state index in [9.17, 15) is 18.0 Å². The Kier molecular flexibility index (Phi) is 7.04. The third-order valence-electron chi connectivity index (χ3n) is 5.31. The molecule has 0 radical (unpaired) electrons. The Labute approximate surface area is 171 Å². The van der Waals surface area contributed by atoms with Crippen molar-refractivity contribution in [3.05, 3.63) is 18.2 Å². The molecule has 8 heteroatoms. The first-order valence-corrected chi connectivity index (χ1v) is 12.5. The molecule has 1 saturated carbocycles. The molecule has 1 atom stereocenters. The van der Waals surface area contributed by atoms with Crippen LogP contribution in [0.15, 0.2) is 28.0 Å². The molecule has 1 fully saturated rings. The van der Waals surface area contributed by atoms with Crippen LogP contribution in [0.25, 0.3) is 0 Å². The number of anilines is 1. The molecule has 1 unspecified atom stereocenters. The second-order valence-corrected chi connectivity index (χ2v) is 11.1. The molecule has 2 amide bonds. The molecule has 0 spiro atoms. The number of rotatable bonds is 5. The molecule has 2 aliphatic rings. The van der Waals surface area contributed by atoms with Gasteiger partial charge >= 0.3 is 0 Å². The molecule has 0 aromatic heterocycles. The van der Waals surface area contributed by atoms with Crippen LogP contribution in [0.3, 0.4) is 0 Å². The van der Waals surface area contributed by atoms with Crippen molar-refractivity contribution in [1.29, 1.82) is 0 Å². The minimum absolute atomic E-state index is 0.0476. The largest absolute Gasteiger partial charge is 0.353 e. The van der Waals surface area contributed by atoms with E-state index in [0.29, 0.717) is 5.69 Å². The topological polar surface area (TPSA) is 92.3 Å². The van der Waals surface area contributed by atoms with E-state index in [1.165, 1.54) is 37.1 Å². The summed E-state index contributed by atoms with van der Waals surface area (Å²) in [4.78, 5) is 25.1. The average molecular weight is 425 g/mol. The van der Waals surface area contributed by atoms with Crippen molar-refractivity contribution < 1.29 is 18.0 Å². The molecular weight excluding hydrogens is 396 g/mol. The molecule has 1 aliphatic carbocycles. The molecule has 1 aromatic carbocycles. The monoisotopic (exact) mass is 424 g/mol. The minimum Gasteiger partial charge on any atom is -0.353 e. The number of hydrogen-bond donors (Lipinski definition) is 2. The van der Waals surface area contributed by atoms with Crippen molar-refractivity contribution in [2.75, 3.05) is 11.1 Å². The van der Waals surface area contributed by atoms with Crippen LogP contribution >= 0.6 is 11.8 Å². The zero-order valence-corrected chi connectivity index (χ0v) is 17.8. The van der Waals surface area contributed by atoms with Gasteiger partial charge in [0.05, 0.1) is 21.6 Å². The number of hydrogen-bond acceptors (Lipinski definition) is 5. The maximum absolute atomic E-state index is 12.7. The van der Waals surface area contributed by atoms with Crippen LogP contribution in [0.4, 0.5) is 5.69 Å². The fourth-order valence-corrected chi connectivity index (χ4v) is 5.82. The number of sulfone groups is 1. The van der Waals surface area contributed by atoms with E-state index in [1.54, 1.807) is 12.1 Å². The number of benzene rings is 1. The van der Waals surface area contributed by atoms with E-state index in [0.717, 1.165) is 30.6 Å². The van der Waals surface area contributed by atoms with Gasteiger partial charge in [0.15, 0.2) is 9.84 Å². The van der Waals surface area contributed by atoms with Crippen molar-refractivity contribution >= 4 is 39.1 Å². The SMILES string of the molecule is CC1Sc2ccc(S(=O)(=O)CCC(=O)NC3CCCCCCC3)cc2NC1=O. The molecular formula is C20H28N2O4S2. The number of nitrogens with one attached hydrogen (secondary N) is 2. The van der Waals surface area contributed by atoms with Gasteiger partial charge in [0.25, 0.3) is 0 Å². The first-order valence-electron chi connectivity index (χ1n) is 9.99. The molecule has 2 N–H and O–H groups in total. The molecule has 1 aliphatic heterocycles. The Morgan fingerprint density at radius 3 is 2.57 bits per heavy atom. The second kappa shape index (κ2) is 9.31. The lowest BCUT2D eigenvalue weighted by Gasteiger charge is -2.22. The molecule has 6 nitrogen and oxygen atoms in total. The van der Waals surface area contributed by atoms with Crippen LogP contribution in [-0.2, 0) is 19.4 Å². The van der Waals surface area contributed by atoms with E-state index in [1.807, 2.05) is 6.92 Å². The summed E-state index contributed by atoms with van der Waals surface area (Å²) in [5.74, 6) is -0.572. The summed E-state index contributed by atoms with van der Waals surface area (Å²) in [6.07, 6.45) is 7.78. The lowest BCUT2D eigenvalue weighted by Crippen LogP contribution is -2.36. The molecule has 3 rings (SSSR count). The van der Waals surface area contributed by atoms with E-state index in [4.69, 9.17) is 0 Å². The van der Waals surface area contributed by atoms with Crippen LogP contribution < -0.4 is 10.6 Å². The summed E-state index contributed by atoms with van der Waals surface area (Å²) in [7, 11) is -3.60. The zero-order chi connectivity index (χ0) is 20.1. The Bertz CT molecular complexity index is 831. The fourth-order valence-electron chi connectivity index (χ4n) is 3.63. The number of carbonyl (C=O) groups is 2. The highest BCUT2D eigenvalue weighted by molar-refractivity contribution is 8.01. The van der Waals surface area contributed by atoms with Crippen LogP contribution in [0, 0.1) is 0 Å². The standard InChI is InChI=1S/C20H28N2O4S2/c1-14-20(24)22-17-13-16(9-10-18(17)27-14)28(25,26)12-11-19(23)21-15-7-5-3-2-4-6-8-15/h9-10,13-15H,2-8,11-12H2,1H3,(H,21,23)(H,22,24). The van der Waals surface area contributed by atoms with Gasteiger partial charge in [0.1, 0.15) is 0 Å². The molecule has 154 valence electrons. The van der Waals surface area contributed by atoms with Crippen LogP contribution in [0.2, 0.25) is 0 Å². The van der Waals surface area contributed by atoms with Crippen molar-refractivity contribution in [2.45, 2.75) is 79.4 Å². The first-order chi connectivity index (χ1) is 13.3. The van der Waals surface area contributed by atoms with Crippen molar-refractivity contribution in [3.63, 3.8) is 0 Å².